The predicted octanol–water partition coefficient (Wildman–Crippen LogP) is 8.39. The molecule has 41 heavy (non-hydrogen) atoms. The number of benzene rings is 2. The van der Waals surface area contributed by atoms with Crippen LogP contribution >= 0.6 is 0 Å². The molecule has 7 heterocycles. The molecular weight excluding hydrogens is 508 g/mol. The molecule has 0 bridgehead atoms. The van der Waals surface area contributed by atoms with Gasteiger partial charge in [-0.3, -0.25) is 19.9 Å². The number of furan rings is 1. The highest BCUT2D eigenvalue weighted by Crippen LogP contribution is 2.36. The SMILES string of the molecule is CC.c1cnc2c3ncccc3n(-c3ccc4oc5ccc(-n6c7cccnc7c7ncccc76)cc5c4c3)c2c1. The number of nitrogens with zero attached hydrogens (tertiary/aromatic N) is 6. The molecule has 0 aliphatic rings. The highest BCUT2D eigenvalue weighted by Gasteiger charge is 2.18. The summed E-state index contributed by atoms with van der Waals surface area (Å²) >= 11 is 0. The fourth-order valence-corrected chi connectivity index (χ4v) is 5.89. The van der Waals surface area contributed by atoms with Gasteiger partial charge in [0.2, 0.25) is 0 Å². The zero-order valence-corrected chi connectivity index (χ0v) is 22.5. The average Bonchev–Trinajstić information content (AvgIpc) is 3.69. The Morgan fingerprint density at radius 2 is 0.805 bits per heavy atom. The molecule has 0 saturated carbocycles. The summed E-state index contributed by atoms with van der Waals surface area (Å²) in [7, 11) is 0. The molecule has 0 spiro atoms. The first-order chi connectivity index (χ1) is 20.3. The highest BCUT2D eigenvalue weighted by molar-refractivity contribution is 6.09. The quantitative estimate of drug-likeness (QED) is 0.223. The summed E-state index contributed by atoms with van der Waals surface area (Å²) in [6, 6.07) is 28.9. The molecule has 0 saturated heterocycles. The van der Waals surface area contributed by atoms with Crippen LogP contribution in [0.3, 0.4) is 0 Å². The van der Waals surface area contributed by atoms with E-state index in [0.717, 1.165) is 77.4 Å². The molecule has 9 aromatic rings. The minimum Gasteiger partial charge on any atom is -0.456 e. The van der Waals surface area contributed by atoms with E-state index in [4.69, 9.17) is 4.42 Å². The van der Waals surface area contributed by atoms with Crippen LogP contribution in [0.4, 0.5) is 0 Å². The summed E-state index contributed by atoms with van der Waals surface area (Å²) < 4.78 is 10.7. The smallest absolute Gasteiger partial charge is 0.135 e. The number of hydrogen-bond acceptors (Lipinski definition) is 5. The molecule has 0 N–H and O–H groups in total. The lowest BCUT2D eigenvalue weighted by Crippen LogP contribution is -1.94. The van der Waals surface area contributed by atoms with Crippen LogP contribution in [-0.2, 0) is 0 Å². The van der Waals surface area contributed by atoms with Crippen molar-refractivity contribution in [3.63, 3.8) is 0 Å². The van der Waals surface area contributed by atoms with Gasteiger partial charge < -0.3 is 13.6 Å². The van der Waals surface area contributed by atoms with Crippen LogP contribution < -0.4 is 0 Å². The normalized spacial score (nSPS) is 11.7. The molecule has 0 radical (unpaired) electrons. The van der Waals surface area contributed by atoms with Gasteiger partial charge in [-0.25, -0.2) is 0 Å². The molecule has 0 unspecified atom stereocenters. The Morgan fingerprint density at radius 3 is 1.15 bits per heavy atom. The molecule has 0 aliphatic carbocycles. The van der Waals surface area contributed by atoms with E-state index >= 15 is 0 Å². The second-order valence-corrected chi connectivity index (χ2v) is 9.62. The van der Waals surface area contributed by atoms with Crippen LogP contribution in [0.1, 0.15) is 13.8 Å². The van der Waals surface area contributed by atoms with Gasteiger partial charge in [0.05, 0.1) is 22.1 Å². The van der Waals surface area contributed by atoms with Crippen LogP contribution in [0.5, 0.6) is 0 Å². The first-order valence-electron chi connectivity index (χ1n) is 13.7. The van der Waals surface area contributed by atoms with E-state index in [0.29, 0.717) is 0 Å². The van der Waals surface area contributed by atoms with E-state index in [1.807, 2.05) is 75.0 Å². The first kappa shape index (κ1) is 23.3. The third-order valence-electron chi connectivity index (χ3n) is 7.51. The van der Waals surface area contributed by atoms with Gasteiger partial charge in [0.1, 0.15) is 33.2 Å². The molecule has 7 nitrogen and oxygen atoms in total. The lowest BCUT2D eigenvalue weighted by molar-refractivity contribution is 0.669. The van der Waals surface area contributed by atoms with Gasteiger partial charge in [-0.1, -0.05) is 13.8 Å². The van der Waals surface area contributed by atoms with Crippen LogP contribution in [0.15, 0.2) is 114 Å². The number of hydrogen-bond donors (Lipinski definition) is 0. The second kappa shape index (κ2) is 8.99. The van der Waals surface area contributed by atoms with Crippen molar-refractivity contribution in [3.05, 3.63) is 110 Å². The lowest BCUT2D eigenvalue weighted by Gasteiger charge is -2.08. The van der Waals surface area contributed by atoms with Crippen molar-refractivity contribution in [1.29, 1.82) is 0 Å². The summed E-state index contributed by atoms with van der Waals surface area (Å²) in [6.07, 6.45) is 7.26. The maximum atomic E-state index is 6.28. The summed E-state index contributed by atoms with van der Waals surface area (Å²) in [5, 5.41) is 2.09. The molecule has 0 atom stereocenters. The predicted molar refractivity (Wildman–Crippen MR) is 165 cm³/mol. The number of rotatable bonds is 2. The third-order valence-corrected chi connectivity index (χ3v) is 7.51. The Hall–Kier alpha value is -5.56. The maximum absolute atomic E-state index is 6.28. The molecule has 0 amide bonds. The molecular formula is C34H24N6O. The summed E-state index contributed by atoms with van der Waals surface area (Å²) in [6.45, 7) is 4.00. The zero-order chi connectivity index (χ0) is 27.5. The average molecular weight is 533 g/mol. The Kier molecular flexibility index (Phi) is 5.12. The molecule has 196 valence electrons. The molecule has 0 aliphatic heterocycles. The standard InChI is InChI=1S/C32H18N6O.C2H6/c1-5-23-29(33-13-1)30-24(6-2-14-34-30)37(23)19-9-11-27-21(17-19)22-18-20(10-12-28(22)39-27)38-25-7-3-15-35-31(25)32-26(38)8-4-16-36-32;1-2/h1-18H;1-2H3. The van der Waals surface area contributed by atoms with Gasteiger partial charge in [0, 0.05) is 46.9 Å². The Balaban J connectivity index is 0.00000125. The number of pyridine rings is 4. The van der Waals surface area contributed by atoms with Crippen molar-refractivity contribution < 1.29 is 4.42 Å². The van der Waals surface area contributed by atoms with E-state index in [1.165, 1.54) is 0 Å². The minimum absolute atomic E-state index is 0.841. The Labute approximate surface area is 234 Å². The van der Waals surface area contributed by atoms with Crippen LogP contribution in [0.2, 0.25) is 0 Å². The fourth-order valence-electron chi connectivity index (χ4n) is 5.89. The van der Waals surface area contributed by atoms with Crippen molar-refractivity contribution in [1.82, 2.24) is 29.1 Å². The van der Waals surface area contributed by atoms with Crippen molar-refractivity contribution in [3.8, 4) is 11.4 Å². The largest absolute Gasteiger partial charge is 0.456 e. The fraction of sp³-hybridized carbons (Fsp3) is 0.0588. The first-order valence-corrected chi connectivity index (χ1v) is 13.7. The monoisotopic (exact) mass is 532 g/mol. The van der Waals surface area contributed by atoms with Gasteiger partial charge in [-0.2, -0.15) is 0 Å². The Morgan fingerprint density at radius 1 is 0.463 bits per heavy atom. The van der Waals surface area contributed by atoms with Gasteiger partial charge in [0.15, 0.2) is 0 Å². The molecule has 0 fully saturated rings. The van der Waals surface area contributed by atoms with E-state index < -0.39 is 0 Å². The molecule has 7 heteroatoms. The van der Waals surface area contributed by atoms with Crippen LogP contribution in [-0.4, -0.2) is 29.1 Å². The highest BCUT2D eigenvalue weighted by atomic mass is 16.3. The van der Waals surface area contributed by atoms with E-state index in [2.05, 4.69) is 77.6 Å². The second-order valence-electron chi connectivity index (χ2n) is 9.62. The number of aromatic nitrogens is 6. The topological polar surface area (TPSA) is 74.6 Å². The van der Waals surface area contributed by atoms with Gasteiger partial charge in [-0.05, 0) is 84.9 Å². The van der Waals surface area contributed by atoms with E-state index in [-0.39, 0.29) is 0 Å². The summed E-state index contributed by atoms with van der Waals surface area (Å²) in [5.74, 6) is 0. The zero-order valence-electron chi connectivity index (χ0n) is 22.5. The van der Waals surface area contributed by atoms with E-state index in [1.54, 1.807) is 0 Å². The van der Waals surface area contributed by atoms with Crippen molar-refractivity contribution in [2.45, 2.75) is 13.8 Å². The lowest BCUT2D eigenvalue weighted by atomic mass is 10.1. The van der Waals surface area contributed by atoms with Gasteiger partial charge in [-0.15, -0.1) is 0 Å². The van der Waals surface area contributed by atoms with Crippen molar-refractivity contribution in [2.75, 3.05) is 0 Å². The maximum Gasteiger partial charge on any atom is 0.135 e. The third kappa shape index (κ3) is 3.32. The molecule has 7 aromatic heterocycles. The molecule has 2 aromatic carbocycles. The van der Waals surface area contributed by atoms with Crippen molar-refractivity contribution in [2.24, 2.45) is 0 Å². The Bertz CT molecular complexity index is 2140. The van der Waals surface area contributed by atoms with Crippen LogP contribution in [0, 0.1) is 0 Å². The minimum atomic E-state index is 0.841. The number of fused-ring (bicyclic) bond motifs is 9. The van der Waals surface area contributed by atoms with Crippen molar-refractivity contribution >= 4 is 66.1 Å². The van der Waals surface area contributed by atoms with Gasteiger partial charge in [0.25, 0.3) is 0 Å². The molecule has 9 rings (SSSR count). The van der Waals surface area contributed by atoms with Crippen LogP contribution in [0.25, 0.3) is 77.4 Å². The summed E-state index contributed by atoms with van der Waals surface area (Å²) in [5.41, 5.74) is 11.4. The summed E-state index contributed by atoms with van der Waals surface area (Å²) in [4.78, 5) is 18.5. The van der Waals surface area contributed by atoms with Gasteiger partial charge >= 0.3 is 0 Å². The van der Waals surface area contributed by atoms with E-state index in [9.17, 15) is 0 Å².